The topological polar surface area (TPSA) is 38.3 Å². The molecular weight excluding hydrogens is 233 g/mol. The van der Waals surface area contributed by atoms with Gasteiger partial charge in [0.25, 0.3) is 5.91 Å². The molecule has 0 atom stereocenters. The number of hydrogen-bond donors (Lipinski definition) is 1. The summed E-state index contributed by atoms with van der Waals surface area (Å²) >= 11 is 5.54. The molecule has 0 fully saturated rings. The summed E-state index contributed by atoms with van der Waals surface area (Å²) in [6.07, 6.45) is 1.56. The second kappa shape index (κ2) is 6.12. The van der Waals surface area contributed by atoms with Gasteiger partial charge in [-0.1, -0.05) is 17.7 Å². The van der Waals surface area contributed by atoms with Crippen LogP contribution in [0.15, 0.2) is 30.9 Å². The summed E-state index contributed by atoms with van der Waals surface area (Å²) in [6.45, 7) is 3.70. The lowest BCUT2D eigenvalue weighted by molar-refractivity contribution is -0.122. The van der Waals surface area contributed by atoms with Gasteiger partial charge in [0, 0.05) is 12.6 Å². The number of nitrogens with one attached hydrogen (secondary N) is 1. The summed E-state index contributed by atoms with van der Waals surface area (Å²) in [5.74, 6) is -0.453. The van der Waals surface area contributed by atoms with Crippen LogP contribution in [-0.4, -0.2) is 19.1 Å². The van der Waals surface area contributed by atoms with Crippen molar-refractivity contribution in [2.75, 3.05) is 13.2 Å². The largest absolute Gasteiger partial charge is 0.484 e. The van der Waals surface area contributed by atoms with E-state index in [-0.39, 0.29) is 17.5 Å². The molecule has 0 aliphatic rings. The molecule has 86 valence electrons. The number of benzene rings is 1. The molecule has 0 spiro atoms. The van der Waals surface area contributed by atoms with Gasteiger partial charge in [0.15, 0.2) is 6.61 Å². The minimum Gasteiger partial charge on any atom is -0.484 e. The number of rotatable bonds is 5. The van der Waals surface area contributed by atoms with E-state index in [0.29, 0.717) is 12.3 Å². The third-order valence-corrected chi connectivity index (χ3v) is 1.99. The number of amides is 1. The van der Waals surface area contributed by atoms with E-state index < -0.39 is 5.82 Å². The number of carbonyl (C=O) groups excluding carboxylic acids is 1. The Morgan fingerprint density at radius 3 is 3.00 bits per heavy atom. The van der Waals surface area contributed by atoms with Gasteiger partial charge in [0.2, 0.25) is 0 Å². The van der Waals surface area contributed by atoms with E-state index >= 15 is 0 Å². The number of halogens is 2. The Bertz CT molecular complexity index is 396. The third kappa shape index (κ3) is 3.90. The van der Waals surface area contributed by atoms with Crippen molar-refractivity contribution >= 4 is 17.5 Å². The van der Waals surface area contributed by atoms with Crippen molar-refractivity contribution in [2.24, 2.45) is 0 Å². The van der Waals surface area contributed by atoms with Crippen LogP contribution in [0, 0.1) is 5.82 Å². The summed E-state index contributed by atoms with van der Waals surface area (Å²) in [5.41, 5.74) is 0. The maximum Gasteiger partial charge on any atom is 0.258 e. The smallest absolute Gasteiger partial charge is 0.258 e. The van der Waals surface area contributed by atoms with Crippen LogP contribution in [0.2, 0.25) is 5.02 Å². The molecule has 0 saturated heterocycles. The van der Waals surface area contributed by atoms with Crippen LogP contribution in [0.4, 0.5) is 4.39 Å². The molecule has 0 unspecified atom stereocenters. The number of ether oxygens (including phenoxy) is 1. The molecule has 5 heteroatoms. The van der Waals surface area contributed by atoms with Gasteiger partial charge >= 0.3 is 0 Å². The SMILES string of the molecule is C=CCNC(=O)COc1ccc(F)c(Cl)c1. The second-order valence-corrected chi connectivity index (χ2v) is 3.36. The standard InChI is InChI=1S/C11H11ClFNO2/c1-2-5-14-11(15)7-16-8-3-4-10(13)9(12)6-8/h2-4,6H,1,5,7H2,(H,14,15). The summed E-state index contributed by atoms with van der Waals surface area (Å²) in [7, 11) is 0. The van der Waals surface area contributed by atoms with E-state index in [0.717, 1.165) is 0 Å². The van der Waals surface area contributed by atoms with Gasteiger partial charge in [-0.15, -0.1) is 6.58 Å². The third-order valence-electron chi connectivity index (χ3n) is 1.70. The highest BCUT2D eigenvalue weighted by Gasteiger charge is 2.04. The lowest BCUT2D eigenvalue weighted by Gasteiger charge is -2.06. The Hall–Kier alpha value is -1.55. The van der Waals surface area contributed by atoms with Gasteiger partial charge in [-0.25, -0.2) is 4.39 Å². The van der Waals surface area contributed by atoms with Gasteiger partial charge in [0.05, 0.1) is 5.02 Å². The Morgan fingerprint density at radius 1 is 1.62 bits per heavy atom. The first-order valence-electron chi connectivity index (χ1n) is 4.59. The number of carbonyl (C=O) groups is 1. The van der Waals surface area contributed by atoms with Crippen molar-refractivity contribution in [1.29, 1.82) is 0 Å². The monoisotopic (exact) mass is 243 g/mol. The molecule has 0 aromatic heterocycles. The first-order chi connectivity index (χ1) is 7.63. The van der Waals surface area contributed by atoms with Gasteiger partial charge in [-0.2, -0.15) is 0 Å². The zero-order valence-electron chi connectivity index (χ0n) is 8.50. The molecular formula is C11H11ClFNO2. The van der Waals surface area contributed by atoms with Crippen molar-refractivity contribution in [2.45, 2.75) is 0 Å². The highest BCUT2D eigenvalue weighted by molar-refractivity contribution is 6.30. The minimum absolute atomic E-state index is 0.0380. The minimum atomic E-state index is -0.523. The fraction of sp³-hybridized carbons (Fsp3) is 0.182. The van der Waals surface area contributed by atoms with Crippen LogP contribution in [-0.2, 0) is 4.79 Å². The molecule has 0 radical (unpaired) electrons. The molecule has 0 bridgehead atoms. The molecule has 16 heavy (non-hydrogen) atoms. The van der Waals surface area contributed by atoms with Crippen molar-refractivity contribution < 1.29 is 13.9 Å². The molecule has 0 heterocycles. The zero-order valence-corrected chi connectivity index (χ0v) is 9.26. The normalized spacial score (nSPS) is 9.62. The van der Waals surface area contributed by atoms with Crippen molar-refractivity contribution in [1.82, 2.24) is 5.32 Å². The molecule has 1 amide bonds. The van der Waals surface area contributed by atoms with Crippen LogP contribution >= 0.6 is 11.6 Å². The molecule has 0 aliphatic heterocycles. The zero-order chi connectivity index (χ0) is 12.0. The molecule has 0 saturated carbocycles. The average molecular weight is 244 g/mol. The van der Waals surface area contributed by atoms with Gasteiger partial charge in [0.1, 0.15) is 11.6 Å². The molecule has 1 rings (SSSR count). The van der Waals surface area contributed by atoms with Crippen LogP contribution in [0.25, 0.3) is 0 Å². The van der Waals surface area contributed by atoms with Crippen LogP contribution in [0.5, 0.6) is 5.75 Å². The first kappa shape index (κ1) is 12.5. The first-order valence-corrected chi connectivity index (χ1v) is 4.96. The Labute approximate surface area is 97.9 Å². The molecule has 0 aliphatic carbocycles. The van der Waals surface area contributed by atoms with E-state index in [2.05, 4.69) is 11.9 Å². The molecule has 3 nitrogen and oxygen atoms in total. The Kier molecular flexibility index (Phi) is 4.79. The van der Waals surface area contributed by atoms with Crippen LogP contribution in [0.1, 0.15) is 0 Å². The maximum atomic E-state index is 12.8. The van der Waals surface area contributed by atoms with E-state index in [1.807, 2.05) is 0 Å². The highest BCUT2D eigenvalue weighted by Crippen LogP contribution is 2.20. The van der Waals surface area contributed by atoms with Crippen LogP contribution in [0.3, 0.4) is 0 Å². The van der Waals surface area contributed by atoms with Gasteiger partial charge in [-0.3, -0.25) is 4.79 Å². The summed E-state index contributed by atoms with van der Waals surface area (Å²) in [6, 6.07) is 3.90. The average Bonchev–Trinajstić information content (AvgIpc) is 2.28. The van der Waals surface area contributed by atoms with Gasteiger partial charge < -0.3 is 10.1 Å². The van der Waals surface area contributed by atoms with E-state index in [1.165, 1.54) is 18.2 Å². The fourth-order valence-electron chi connectivity index (χ4n) is 0.953. The fourth-order valence-corrected chi connectivity index (χ4v) is 1.12. The van der Waals surface area contributed by atoms with Crippen molar-refractivity contribution in [3.05, 3.63) is 41.7 Å². The highest BCUT2D eigenvalue weighted by atomic mass is 35.5. The maximum absolute atomic E-state index is 12.8. The summed E-state index contributed by atoms with van der Waals surface area (Å²) in [4.78, 5) is 11.1. The second-order valence-electron chi connectivity index (χ2n) is 2.96. The number of hydrogen-bond acceptors (Lipinski definition) is 2. The van der Waals surface area contributed by atoms with Crippen molar-refractivity contribution in [3.8, 4) is 5.75 Å². The van der Waals surface area contributed by atoms with Crippen LogP contribution < -0.4 is 10.1 Å². The molecule has 1 aromatic rings. The summed E-state index contributed by atoms with van der Waals surface area (Å²) in [5, 5.41) is 2.50. The van der Waals surface area contributed by atoms with Gasteiger partial charge in [-0.05, 0) is 12.1 Å². The predicted octanol–water partition coefficient (Wildman–Crippen LogP) is 2.16. The Morgan fingerprint density at radius 2 is 2.38 bits per heavy atom. The lowest BCUT2D eigenvalue weighted by atomic mass is 10.3. The molecule has 1 aromatic carbocycles. The predicted molar refractivity (Wildman–Crippen MR) is 60.1 cm³/mol. The lowest BCUT2D eigenvalue weighted by Crippen LogP contribution is -2.28. The van der Waals surface area contributed by atoms with E-state index in [9.17, 15) is 9.18 Å². The molecule has 1 N–H and O–H groups in total. The quantitative estimate of drug-likeness (QED) is 0.805. The van der Waals surface area contributed by atoms with Crippen molar-refractivity contribution in [3.63, 3.8) is 0 Å². The van der Waals surface area contributed by atoms with E-state index in [1.54, 1.807) is 6.08 Å². The van der Waals surface area contributed by atoms with E-state index in [4.69, 9.17) is 16.3 Å². The Balaban J connectivity index is 2.45. The summed E-state index contributed by atoms with van der Waals surface area (Å²) < 4.78 is 17.9.